The van der Waals surface area contributed by atoms with Crippen molar-refractivity contribution in [3.63, 3.8) is 0 Å². The lowest BCUT2D eigenvalue weighted by Gasteiger charge is -2.16. The molecule has 0 radical (unpaired) electrons. The van der Waals surface area contributed by atoms with Gasteiger partial charge in [0.25, 0.3) is 0 Å². The Morgan fingerprint density at radius 1 is 1.34 bits per heavy atom. The Kier molecular flexibility index (Phi) is 5.33. The van der Waals surface area contributed by atoms with Gasteiger partial charge in [0.2, 0.25) is 0 Å². The molecule has 5 N–H and O–H groups in total. The van der Waals surface area contributed by atoms with E-state index in [0.29, 0.717) is 29.0 Å². The smallest absolute Gasteiger partial charge is 0.319 e. The molecular formula is C23H22F2N4O3. The molecule has 3 atom stereocenters. The number of benzene rings is 1. The molecule has 7 nitrogen and oxygen atoms in total. The van der Waals surface area contributed by atoms with Gasteiger partial charge in [0.05, 0.1) is 11.2 Å². The number of rotatable bonds is 7. The van der Waals surface area contributed by atoms with Crippen LogP contribution in [0.1, 0.15) is 13.3 Å². The van der Waals surface area contributed by atoms with Crippen molar-refractivity contribution in [2.75, 3.05) is 11.1 Å². The number of nitrogens with zero attached hydrogens (tertiary/aromatic N) is 1. The number of pyridine rings is 1. The van der Waals surface area contributed by atoms with E-state index >= 15 is 0 Å². The summed E-state index contributed by atoms with van der Waals surface area (Å²) in [5.74, 6) is -0.189. The Hall–Kier alpha value is -3.88. The maximum Gasteiger partial charge on any atom is 0.319 e. The molecular weight excluding hydrogens is 418 g/mol. The number of aliphatic hydroxyl groups is 1. The fourth-order valence-corrected chi connectivity index (χ4v) is 3.81. The Bertz CT molecular complexity index is 1160. The average Bonchev–Trinajstić information content (AvgIpc) is 3.58. The zero-order valence-corrected chi connectivity index (χ0v) is 17.2. The number of nitrogen functional groups attached to an aromatic ring is 1. The number of urea groups is 1. The van der Waals surface area contributed by atoms with Crippen LogP contribution in [0.3, 0.4) is 0 Å². The van der Waals surface area contributed by atoms with Crippen LogP contribution in [0.2, 0.25) is 0 Å². The molecule has 4 rings (SSSR count). The predicted octanol–water partition coefficient (Wildman–Crippen LogP) is 4.43. The summed E-state index contributed by atoms with van der Waals surface area (Å²) in [5, 5.41) is 15.6. The molecule has 2 aromatic rings. The van der Waals surface area contributed by atoms with Crippen LogP contribution in [0.25, 0.3) is 0 Å². The zero-order valence-electron chi connectivity index (χ0n) is 17.2. The van der Waals surface area contributed by atoms with Crippen molar-refractivity contribution in [1.29, 1.82) is 0 Å². The number of carbonyl (C=O) groups excluding carboxylic acids is 1. The summed E-state index contributed by atoms with van der Waals surface area (Å²) in [6.45, 7) is 5.67. The molecule has 1 heterocycles. The van der Waals surface area contributed by atoms with Gasteiger partial charge < -0.3 is 26.2 Å². The van der Waals surface area contributed by atoms with E-state index in [4.69, 9.17) is 10.5 Å². The van der Waals surface area contributed by atoms with Crippen LogP contribution in [0.15, 0.2) is 72.4 Å². The third-order valence-electron chi connectivity index (χ3n) is 5.64. The summed E-state index contributed by atoms with van der Waals surface area (Å²) in [7, 11) is 0. The monoisotopic (exact) mass is 440 g/mol. The highest BCUT2D eigenvalue weighted by molar-refractivity contribution is 5.91. The third-order valence-corrected chi connectivity index (χ3v) is 5.64. The van der Waals surface area contributed by atoms with Gasteiger partial charge in [0.15, 0.2) is 0 Å². The van der Waals surface area contributed by atoms with Gasteiger partial charge in [-0.15, -0.1) is 0 Å². The van der Waals surface area contributed by atoms with E-state index in [2.05, 4.69) is 22.2 Å². The number of allylic oxidation sites excluding steroid dienone is 4. The predicted molar refractivity (Wildman–Crippen MR) is 116 cm³/mol. The van der Waals surface area contributed by atoms with E-state index in [9.17, 15) is 18.7 Å². The van der Waals surface area contributed by atoms with E-state index in [1.165, 1.54) is 12.3 Å². The van der Waals surface area contributed by atoms with Crippen molar-refractivity contribution in [2.45, 2.75) is 18.9 Å². The largest absolute Gasteiger partial charge is 0.508 e. The van der Waals surface area contributed by atoms with Crippen molar-refractivity contribution >= 4 is 17.5 Å². The molecule has 32 heavy (non-hydrogen) atoms. The summed E-state index contributed by atoms with van der Waals surface area (Å²) < 4.78 is 32.3. The topological polar surface area (TPSA) is 110 Å². The molecule has 0 unspecified atom stereocenters. The highest BCUT2D eigenvalue weighted by Gasteiger charge is 2.80. The number of halogens is 2. The summed E-state index contributed by atoms with van der Waals surface area (Å²) in [6.07, 6.45) is 5.33. The number of hydrogen-bond donors (Lipinski definition) is 4. The van der Waals surface area contributed by atoms with Crippen molar-refractivity contribution in [3.8, 4) is 5.75 Å². The first-order valence-electron chi connectivity index (χ1n) is 9.90. The van der Waals surface area contributed by atoms with Crippen LogP contribution in [-0.2, 0) is 0 Å². The number of nitrogens with one attached hydrogen (secondary N) is 2. The number of hydrogen-bond acceptors (Lipinski definition) is 5. The molecule has 1 aromatic heterocycles. The van der Waals surface area contributed by atoms with Gasteiger partial charge in [-0.05, 0) is 55.2 Å². The van der Waals surface area contributed by atoms with Crippen LogP contribution in [0.4, 0.5) is 25.1 Å². The fraction of sp³-hybridized carbons (Fsp3) is 0.217. The van der Waals surface area contributed by atoms with Gasteiger partial charge in [0.1, 0.15) is 34.7 Å². The number of nitrogens with two attached hydrogens (primary N) is 1. The van der Waals surface area contributed by atoms with Gasteiger partial charge in [-0.2, -0.15) is 0 Å². The van der Waals surface area contributed by atoms with E-state index in [-0.39, 0.29) is 23.3 Å². The number of carbonyl (C=O) groups is 1. The van der Waals surface area contributed by atoms with Crippen molar-refractivity contribution < 1.29 is 23.4 Å². The zero-order chi connectivity index (χ0) is 23.0. The van der Waals surface area contributed by atoms with Gasteiger partial charge in [-0.3, -0.25) is 0 Å². The standard InChI is InChI=1S/C23H22F2N4O3/c1-12(32-15-7-8-27-20(26)10-15)3-6-19(30)13(2)21-16-11-23(16,21)29-22(31)28-18-5-4-14(24)9-17(18)25/h3-10,16,21,30H,2,11H2,1H3,(H2,26,27)(H2,28,29,31)/b12-3+,19-6+/t16-,21+,23-/m0/s1. The molecule has 9 heteroatoms. The average molecular weight is 440 g/mol. The van der Waals surface area contributed by atoms with Gasteiger partial charge in [-0.1, -0.05) is 6.58 Å². The molecule has 2 saturated carbocycles. The first-order valence-corrected chi connectivity index (χ1v) is 9.90. The number of aliphatic hydroxyl groups excluding tert-OH is 1. The molecule has 0 spiro atoms. The highest BCUT2D eigenvalue weighted by atomic mass is 19.1. The third kappa shape index (κ3) is 4.27. The van der Waals surface area contributed by atoms with Crippen LogP contribution in [0.5, 0.6) is 5.75 Å². The van der Waals surface area contributed by atoms with Crippen LogP contribution >= 0.6 is 0 Å². The minimum atomic E-state index is -0.860. The number of aromatic nitrogens is 1. The second-order valence-electron chi connectivity index (χ2n) is 7.90. The van der Waals surface area contributed by atoms with Gasteiger partial charge in [-0.25, -0.2) is 18.6 Å². The molecule has 0 bridgehead atoms. The normalized spacial score (nSPS) is 23.7. The molecule has 0 aliphatic heterocycles. The Labute approximate surface area is 183 Å². The molecule has 2 aliphatic carbocycles. The second kappa shape index (κ2) is 7.99. The summed E-state index contributed by atoms with van der Waals surface area (Å²) in [6, 6.07) is 5.55. The number of amides is 2. The summed E-state index contributed by atoms with van der Waals surface area (Å²) in [5.41, 5.74) is 5.49. The Balaban J connectivity index is 1.33. The SMILES string of the molecule is C=C(/C(O)=C\C=C(/C)Oc1ccnc(N)c1)[C@@H]1[C@@H]2C[C@@]12NC(=O)Nc1ccc(F)cc1F. The second-order valence-corrected chi connectivity index (χ2v) is 7.90. The summed E-state index contributed by atoms with van der Waals surface area (Å²) >= 11 is 0. The quantitative estimate of drug-likeness (QED) is 0.376. The Morgan fingerprint density at radius 2 is 2.12 bits per heavy atom. The first-order chi connectivity index (χ1) is 15.2. The molecule has 2 fully saturated rings. The molecule has 2 amide bonds. The molecule has 2 aliphatic rings. The minimum Gasteiger partial charge on any atom is -0.508 e. The minimum absolute atomic E-state index is 0.0226. The Morgan fingerprint density at radius 3 is 2.81 bits per heavy atom. The lowest BCUT2D eigenvalue weighted by molar-refractivity contribution is 0.248. The van der Waals surface area contributed by atoms with E-state index in [1.54, 1.807) is 25.1 Å². The first kappa shape index (κ1) is 21.4. The van der Waals surface area contributed by atoms with Gasteiger partial charge >= 0.3 is 6.03 Å². The van der Waals surface area contributed by atoms with Crippen molar-refractivity contribution in [3.05, 3.63) is 84.0 Å². The van der Waals surface area contributed by atoms with Crippen molar-refractivity contribution in [1.82, 2.24) is 10.3 Å². The maximum absolute atomic E-state index is 13.7. The number of ether oxygens (including phenoxy) is 1. The molecule has 166 valence electrons. The lowest BCUT2D eigenvalue weighted by Crippen LogP contribution is -2.37. The van der Waals surface area contributed by atoms with E-state index < -0.39 is 23.2 Å². The molecule has 0 saturated heterocycles. The number of fused-ring (bicyclic) bond motifs is 1. The van der Waals surface area contributed by atoms with Crippen LogP contribution in [-0.4, -0.2) is 21.7 Å². The maximum atomic E-state index is 13.7. The lowest BCUT2D eigenvalue weighted by atomic mass is 10.0. The van der Waals surface area contributed by atoms with Gasteiger partial charge in [0, 0.05) is 24.2 Å². The fourth-order valence-electron chi connectivity index (χ4n) is 3.81. The highest BCUT2D eigenvalue weighted by Crippen LogP contribution is 2.74. The molecule has 1 aromatic carbocycles. The van der Waals surface area contributed by atoms with E-state index in [1.807, 2.05) is 0 Å². The van der Waals surface area contributed by atoms with E-state index in [0.717, 1.165) is 18.6 Å². The van der Waals surface area contributed by atoms with Crippen molar-refractivity contribution in [2.24, 2.45) is 11.8 Å². The van der Waals surface area contributed by atoms with Crippen LogP contribution in [0, 0.1) is 23.5 Å². The summed E-state index contributed by atoms with van der Waals surface area (Å²) in [4.78, 5) is 16.1. The number of anilines is 2. The van der Waals surface area contributed by atoms with Crippen LogP contribution < -0.4 is 21.1 Å².